The molecule has 1 heterocycles. The topological polar surface area (TPSA) is 74.7 Å². The Kier molecular flexibility index (Phi) is 3.77. The molecule has 1 atom stereocenters. The number of hydrogen-bond donors (Lipinski definition) is 3. The second-order valence-electron chi connectivity index (χ2n) is 4.98. The fourth-order valence-electron chi connectivity index (χ4n) is 2.47. The van der Waals surface area contributed by atoms with Gasteiger partial charge in [-0.1, -0.05) is 37.9 Å². The molecular formula is C15H13Br2N3O. The first-order valence-electron chi connectivity index (χ1n) is 6.39. The summed E-state index contributed by atoms with van der Waals surface area (Å²) < 4.78 is 1.90. The Balaban J connectivity index is 2.14. The molecule has 2 aromatic carbocycles. The van der Waals surface area contributed by atoms with Crippen LogP contribution in [0.1, 0.15) is 22.7 Å². The molecule has 0 bridgehead atoms. The smallest absolute Gasteiger partial charge is 0.320 e. The van der Waals surface area contributed by atoms with E-state index in [1.165, 1.54) is 0 Å². The Labute approximate surface area is 138 Å². The van der Waals surface area contributed by atoms with E-state index in [0.29, 0.717) is 0 Å². The van der Waals surface area contributed by atoms with Crippen LogP contribution in [0.15, 0.2) is 44.1 Å². The number of halogens is 2. The van der Waals surface area contributed by atoms with E-state index in [1.54, 1.807) is 0 Å². The van der Waals surface area contributed by atoms with E-state index in [9.17, 15) is 4.79 Å². The van der Waals surface area contributed by atoms with Crippen LogP contribution in [0.3, 0.4) is 0 Å². The zero-order valence-corrected chi connectivity index (χ0v) is 14.4. The lowest BCUT2D eigenvalue weighted by Crippen LogP contribution is -2.14. The predicted octanol–water partition coefficient (Wildman–Crippen LogP) is 3.74. The van der Waals surface area contributed by atoms with E-state index in [2.05, 4.69) is 41.8 Å². The molecule has 0 saturated heterocycles. The molecular weight excluding hydrogens is 398 g/mol. The van der Waals surface area contributed by atoms with Gasteiger partial charge < -0.3 is 15.7 Å². The molecule has 0 radical (unpaired) electrons. The Morgan fingerprint density at radius 3 is 2.38 bits per heavy atom. The number of fused-ring (bicyclic) bond motifs is 1. The van der Waals surface area contributed by atoms with E-state index in [4.69, 9.17) is 5.73 Å². The summed E-state index contributed by atoms with van der Waals surface area (Å²) in [5, 5.41) is 0. The lowest BCUT2D eigenvalue weighted by Gasteiger charge is -2.17. The van der Waals surface area contributed by atoms with Gasteiger partial charge in [0.15, 0.2) is 0 Å². The van der Waals surface area contributed by atoms with Gasteiger partial charge in [0.25, 0.3) is 0 Å². The molecule has 108 valence electrons. The summed E-state index contributed by atoms with van der Waals surface area (Å²) >= 11 is 7.00. The van der Waals surface area contributed by atoms with Crippen molar-refractivity contribution in [1.82, 2.24) is 9.97 Å². The molecule has 0 saturated carbocycles. The quantitative estimate of drug-likeness (QED) is 0.601. The molecule has 4 nitrogen and oxygen atoms in total. The van der Waals surface area contributed by atoms with Gasteiger partial charge in [0.2, 0.25) is 0 Å². The number of hydrogen-bond acceptors (Lipinski definition) is 2. The summed E-state index contributed by atoms with van der Waals surface area (Å²) in [6.07, 6.45) is 0. The van der Waals surface area contributed by atoms with Crippen LogP contribution < -0.4 is 11.4 Å². The molecule has 3 aromatic rings. The Bertz CT molecular complexity index is 882. The van der Waals surface area contributed by atoms with Gasteiger partial charge >= 0.3 is 5.69 Å². The van der Waals surface area contributed by atoms with Crippen LogP contribution in [0.5, 0.6) is 0 Å². The minimum atomic E-state index is -0.268. The molecule has 1 unspecified atom stereocenters. The summed E-state index contributed by atoms with van der Waals surface area (Å²) in [6.45, 7) is 2.03. The zero-order chi connectivity index (χ0) is 15.1. The number of imidazole rings is 1. The largest absolute Gasteiger partial charge is 0.323 e. The van der Waals surface area contributed by atoms with E-state index in [0.717, 1.165) is 36.7 Å². The lowest BCUT2D eigenvalue weighted by atomic mass is 9.95. The average Bonchev–Trinajstić information content (AvgIpc) is 2.76. The molecule has 0 aliphatic rings. The summed E-state index contributed by atoms with van der Waals surface area (Å²) in [6, 6.07) is 9.54. The van der Waals surface area contributed by atoms with E-state index in [1.807, 2.05) is 37.3 Å². The minimum absolute atomic E-state index is 0.220. The second kappa shape index (κ2) is 5.44. The third-order valence-corrected chi connectivity index (χ3v) is 4.72. The van der Waals surface area contributed by atoms with Crippen molar-refractivity contribution in [3.63, 3.8) is 0 Å². The maximum Gasteiger partial charge on any atom is 0.323 e. The number of H-pyrrole nitrogens is 2. The summed E-state index contributed by atoms with van der Waals surface area (Å²) in [5.41, 5.74) is 10.8. The van der Waals surface area contributed by atoms with Crippen LogP contribution in [-0.2, 0) is 0 Å². The van der Waals surface area contributed by atoms with Gasteiger partial charge in [-0.3, -0.25) is 0 Å². The Morgan fingerprint density at radius 1 is 1.05 bits per heavy atom. The highest BCUT2D eigenvalue weighted by Crippen LogP contribution is 2.31. The molecule has 1 aromatic heterocycles. The summed E-state index contributed by atoms with van der Waals surface area (Å²) in [5.74, 6) is 0. The minimum Gasteiger partial charge on any atom is -0.320 e. The van der Waals surface area contributed by atoms with Crippen molar-refractivity contribution < 1.29 is 0 Å². The van der Waals surface area contributed by atoms with Gasteiger partial charge in [0.1, 0.15) is 0 Å². The van der Waals surface area contributed by atoms with E-state index in [-0.39, 0.29) is 11.7 Å². The maximum absolute atomic E-state index is 11.4. The number of aryl methyl sites for hydroxylation is 1. The number of aromatic amines is 2. The maximum atomic E-state index is 11.4. The number of benzene rings is 2. The van der Waals surface area contributed by atoms with Crippen molar-refractivity contribution in [2.24, 2.45) is 5.73 Å². The van der Waals surface area contributed by atoms with Crippen LogP contribution in [-0.4, -0.2) is 9.97 Å². The van der Waals surface area contributed by atoms with E-state index >= 15 is 0 Å². The van der Waals surface area contributed by atoms with Crippen molar-refractivity contribution in [3.8, 4) is 0 Å². The monoisotopic (exact) mass is 409 g/mol. The van der Waals surface area contributed by atoms with Gasteiger partial charge in [-0.25, -0.2) is 4.79 Å². The third-order valence-electron chi connectivity index (χ3n) is 3.54. The molecule has 0 spiro atoms. The average molecular weight is 411 g/mol. The first-order valence-corrected chi connectivity index (χ1v) is 7.97. The highest BCUT2D eigenvalue weighted by molar-refractivity contribution is 9.10. The van der Waals surface area contributed by atoms with Crippen LogP contribution in [0.2, 0.25) is 0 Å². The highest BCUT2D eigenvalue weighted by Gasteiger charge is 2.16. The fourth-order valence-corrected chi connectivity index (χ4v) is 3.53. The number of aromatic nitrogens is 2. The normalized spacial score (nSPS) is 12.8. The first kappa shape index (κ1) is 14.6. The molecule has 0 aliphatic heterocycles. The number of nitrogens with two attached hydrogens (primary N) is 1. The fraction of sp³-hybridized carbons (Fsp3) is 0.133. The molecule has 3 rings (SSSR count). The lowest BCUT2D eigenvalue weighted by molar-refractivity contribution is 0.857. The number of nitrogens with one attached hydrogen (secondary N) is 2. The van der Waals surface area contributed by atoms with Crippen molar-refractivity contribution in [2.45, 2.75) is 13.0 Å². The molecule has 0 amide bonds. The Morgan fingerprint density at radius 2 is 1.71 bits per heavy atom. The molecule has 0 fully saturated rings. The Hall–Kier alpha value is -1.37. The van der Waals surface area contributed by atoms with Crippen LogP contribution in [0.4, 0.5) is 0 Å². The second-order valence-corrected chi connectivity index (χ2v) is 6.75. The van der Waals surface area contributed by atoms with Gasteiger partial charge in [0, 0.05) is 8.95 Å². The zero-order valence-electron chi connectivity index (χ0n) is 11.2. The highest BCUT2D eigenvalue weighted by atomic mass is 79.9. The SMILES string of the molecule is Cc1cc(Br)ccc1C(N)c1cc2[nH]c(=O)[nH]c2cc1Br. The number of rotatable bonds is 2. The van der Waals surface area contributed by atoms with Crippen molar-refractivity contribution in [3.05, 3.63) is 66.5 Å². The predicted molar refractivity (Wildman–Crippen MR) is 91.5 cm³/mol. The van der Waals surface area contributed by atoms with Crippen LogP contribution in [0, 0.1) is 6.92 Å². The van der Waals surface area contributed by atoms with Crippen LogP contribution >= 0.6 is 31.9 Å². The van der Waals surface area contributed by atoms with Crippen molar-refractivity contribution in [1.29, 1.82) is 0 Å². The van der Waals surface area contributed by atoms with Gasteiger partial charge in [-0.2, -0.15) is 0 Å². The van der Waals surface area contributed by atoms with Crippen molar-refractivity contribution >= 4 is 42.9 Å². The van der Waals surface area contributed by atoms with Gasteiger partial charge in [-0.15, -0.1) is 0 Å². The van der Waals surface area contributed by atoms with E-state index < -0.39 is 0 Å². The first-order chi connectivity index (χ1) is 9.95. The van der Waals surface area contributed by atoms with Crippen LogP contribution in [0.25, 0.3) is 11.0 Å². The van der Waals surface area contributed by atoms with Gasteiger partial charge in [-0.05, 0) is 47.9 Å². The molecule has 21 heavy (non-hydrogen) atoms. The third kappa shape index (κ3) is 2.71. The standard InChI is InChI=1S/C15H13Br2N3O/c1-7-4-8(16)2-3-9(7)14(18)10-5-12-13(6-11(10)17)20-15(21)19-12/h2-6,14H,18H2,1H3,(H2,19,20,21). The van der Waals surface area contributed by atoms with Crippen molar-refractivity contribution in [2.75, 3.05) is 0 Å². The molecule has 6 heteroatoms. The molecule has 0 aliphatic carbocycles. The summed E-state index contributed by atoms with van der Waals surface area (Å²) in [7, 11) is 0. The summed E-state index contributed by atoms with van der Waals surface area (Å²) in [4.78, 5) is 16.9. The van der Waals surface area contributed by atoms with Gasteiger partial charge in [0.05, 0.1) is 17.1 Å². The molecule has 4 N–H and O–H groups in total.